The fourth-order valence-corrected chi connectivity index (χ4v) is 1.48. The topological polar surface area (TPSA) is 79.3 Å². The van der Waals surface area contributed by atoms with Crippen LogP contribution >= 0.6 is 34.2 Å². The largest absolute Gasteiger partial charge is 0.480 e. The molecule has 1 rings (SSSR count). The van der Waals surface area contributed by atoms with E-state index in [0.29, 0.717) is 8.59 Å². The van der Waals surface area contributed by atoms with Gasteiger partial charge in [-0.2, -0.15) is 0 Å². The standard InChI is InChI=1S/C10H10ClIN2O3/c1-10(2,9(16)17)14-8(15)7-3-6(12)5(11)4-13-7/h3-4H,1-2H3,(H,14,15)(H,16,17). The van der Waals surface area contributed by atoms with Crippen LogP contribution in [0.4, 0.5) is 0 Å². The van der Waals surface area contributed by atoms with Crippen LogP contribution in [-0.4, -0.2) is 27.5 Å². The van der Waals surface area contributed by atoms with Crippen LogP contribution in [0.2, 0.25) is 5.02 Å². The fourth-order valence-electron chi connectivity index (χ4n) is 0.940. The van der Waals surface area contributed by atoms with Gasteiger partial charge in [-0.25, -0.2) is 9.78 Å². The molecule has 0 aliphatic carbocycles. The van der Waals surface area contributed by atoms with Crippen molar-refractivity contribution in [1.82, 2.24) is 10.3 Å². The molecule has 0 atom stereocenters. The minimum absolute atomic E-state index is 0.133. The first-order chi connectivity index (χ1) is 7.74. The number of hydrogen-bond acceptors (Lipinski definition) is 3. The molecule has 17 heavy (non-hydrogen) atoms. The third kappa shape index (κ3) is 3.53. The molecule has 0 aliphatic heterocycles. The first-order valence-corrected chi connectivity index (χ1v) is 6.06. The smallest absolute Gasteiger partial charge is 0.328 e. The van der Waals surface area contributed by atoms with E-state index in [1.807, 2.05) is 22.6 Å². The summed E-state index contributed by atoms with van der Waals surface area (Å²) in [6, 6.07) is 1.50. The summed E-state index contributed by atoms with van der Waals surface area (Å²) in [5.74, 6) is -1.67. The molecule has 0 spiro atoms. The van der Waals surface area contributed by atoms with Crippen LogP contribution in [0.3, 0.4) is 0 Å². The average Bonchev–Trinajstić information content (AvgIpc) is 2.21. The van der Waals surface area contributed by atoms with Crippen molar-refractivity contribution >= 4 is 46.1 Å². The summed E-state index contributed by atoms with van der Waals surface area (Å²) in [7, 11) is 0. The SMILES string of the molecule is CC(C)(NC(=O)c1cc(I)c(Cl)cn1)C(=O)O. The van der Waals surface area contributed by atoms with Crippen LogP contribution in [-0.2, 0) is 4.79 Å². The highest BCUT2D eigenvalue weighted by Crippen LogP contribution is 2.17. The summed E-state index contributed by atoms with van der Waals surface area (Å²) in [5, 5.41) is 11.7. The molecule has 0 saturated carbocycles. The van der Waals surface area contributed by atoms with Crippen molar-refractivity contribution in [2.45, 2.75) is 19.4 Å². The number of carboxylic acid groups (broad SMARTS) is 1. The molecule has 1 amide bonds. The van der Waals surface area contributed by atoms with Crippen LogP contribution in [0.1, 0.15) is 24.3 Å². The van der Waals surface area contributed by atoms with Gasteiger partial charge in [-0.3, -0.25) is 4.79 Å². The Labute approximate surface area is 117 Å². The molecule has 2 N–H and O–H groups in total. The molecule has 0 aliphatic rings. The molecule has 1 aromatic rings. The molecule has 0 aromatic carbocycles. The quantitative estimate of drug-likeness (QED) is 0.799. The van der Waals surface area contributed by atoms with E-state index in [-0.39, 0.29) is 5.69 Å². The third-order valence-electron chi connectivity index (χ3n) is 2.00. The zero-order valence-electron chi connectivity index (χ0n) is 9.12. The van der Waals surface area contributed by atoms with Crippen LogP contribution in [0.25, 0.3) is 0 Å². The Morgan fingerprint density at radius 3 is 2.59 bits per heavy atom. The highest BCUT2D eigenvalue weighted by molar-refractivity contribution is 14.1. The van der Waals surface area contributed by atoms with E-state index >= 15 is 0 Å². The van der Waals surface area contributed by atoms with Gasteiger partial charge in [-0.05, 0) is 42.5 Å². The number of hydrogen-bond donors (Lipinski definition) is 2. The average molecular weight is 369 g/mol. The van der Waals surface area contributed by atoms with Gasteiger partial charge in [0.1, 0.15) is 11.2 Å². The second kappa shape index (κ2) is 5.18. The van der Waals surface area contributed by atoms with Crippen LogP contribution < -0.4 is 5.32 Å². The molecule has 0 saturated heterocycles. The molecule has 0 fully saturated rings. The summed E-state index contributed by atoms with van der Waals surface area (Å²) in [6.45, 7) is 2.79. The van der Waals surface area contributed by atoms with Gasteiger partial charge < -0.3 is 10.4 Å². The maximum atomic E-state index is 11.7. The number of halogens is 2. The molecule has 0 unspecified atom stereocenters. The Hall–Kier alpha value is -0.890. The molecule has 7 heteroatoms. The summed E-state index contributed by atoms with van der Waals surface area (Å²) in [4.78, 5) is 26.4. The first-order valence-electron chi connectivity index (χ1n) is 4.61. The lowest BCUT2D eigenvalue weighted by Crippen LogP contribution is -2.49. The zero-order chi connectivity index (χ0) is 13.2. The van der Waals surface area contributed by atoms with Crippen LogP contribution in [0.5, 0.6) is 0 Å². The van der Waals surface area contributed by atoms with Gasteiger partial charge in [0.05, 0.1) is 5.02 Å². The number of pyridine rings is 1. The van der Waals surface area contributed by atoms with E-state index in [9.17, 15) is 9.59 Å². The molecular formula is C10H10ClIN2O3. The normalized spacial score (nSPS) is 11.1. The number of nitrogens with zero attached hydrogens (tertiary/aromatic N) is 1. The van der Waals surface area contributed by atoms with Crippen molar-refractivity contribution in [2.75, 3.05) is 0 Å². The van der Waals surface area contributed by atoms with E-state index in [2.05, 4.69) is 10.3 Å². The molecular weight excluding hydrogens is 358 g/mol. The maximum absolute atomic E-state index is 11.7. The maximum Gasteiger partial charge on any atom is 0.328 e. The highest BCUT2D eigenvalue weighted by atomic mass is 127. The molecule has 0 bridgehead atoms. The molecule has 1 aromatic heterocycles. The van der Waals surface area contributed by atoms with Gasteiger partial charge in [-0.1, -0.05) is 11.6 Å². The van der Waals surface area contributed by atoms with Crippen molar-refractivity contribution in [3.8, 4) is 0 Å². The van der Waals surface area contributed by atoms with E-state index in [0.717, 1.165) is 0 Å². The van der Waals surface area contributed by atoms with Gasteiger partial charge in [0.15, 0.2) is 0 Å². The van der Waals surface area contributed by atoms with Crippen LogP contribution in [0, 0.1) is 3.57 Å². The second-order valence-electron chi connectivity index (χ2n) is 3.87. The number of rotatable bonds is 3. The predicted octanol–water partition coefficient (Wildman–Crippen LogP) is 1.93. The second-order valence-corrected chi connectivity index (χ2v) is 5.44. The Morgan fingerprint density at radius 2 is 2.12 bits per heavy atom. The number of nitrogens with one attached hydrogen (secondary N) is 1. The lowest BCUT2D eigenvalue weighted by atomic mass is 10.1. The summed E-state index contributed by atoms with van der Waals surface area (Å²) in [5.41, 5.74) is -1.21. The van der Waals surface area contributed by atoms with E-state index in [1.165, 1.54) is 26.1 Å². The van der Waals surface area contributed by atoms with Crippen molar-refractivity contribution in [1.29, 1.82) is 0 Å². The summed E-state index contributed by atoms with van der Waals surface area (Å²) < 4.78 is 0.678. The van der Waals surface area contributed by atoms with Crippen molar-refractivity contribution < 1.29 is 14.7 Å². The van der Waals surface area contributed by atoms with Gasteiger partial charge in [0, 0.05) is 9.77 Å². The van der Waals surface area contributed by atoms with Crippen molar-refractivity contribution in [2.24, 2.45) is 0 Å². The van der Waals surface area contributed by atoms with E-state index < -0.39 is 17.4 Å². The van der Waals surface area contributed by atoms with Crippen LogP contribution in [0.15, 0.2) is 12.3 Å². The lowest BCUT2D eigenvalue weighted by molar-refractivity contribution is -0.143. The van der Waals surface area contributed by atoms with E-state index in [4.69, 9.17) is 16.7 Å². The minimum atomic E-state index is -1.34. The molecule has 1 heterocycles. The monoisotopic (exact) mass is 368 g/mol. The number of carbonyl (C=O) groups is 2. The Morgan fingerprint density at radius 1 is 1.53 bits per heavy atom. The molecule has 92 valence electrons. The first kappa shape index (κ1) is 14.2. The number of carboxylic acids is 1. The fraction of sp³-hybridized carbons (Fsp3) is 0.300. The summed E-state index contributed by atoms with van der Waals surface area (Å²) >= 11 is 7.74. The van der Waals surface area contributed by atoms with E-state index in [1.54, 1.807) is 0 Å². The predicted molar refractivity (Wildman–Crippen MR) is 71.1 cm³/mol. The Balaban J connectivity index is 2.91. The van der Waals surface area contributed by atoms with Gasteiger partial charge >= 0.3 is 5.97 Å². The summed E-state index contributed by atoms with van der Waals surface area (Å²) in [6.07, 6.45) is 1.35. The molecule has 0 radical (unpaired) electrons. The van der Waals surface area contributed by atoms with Gasteiger partial charge in [0.25, 0.3) is 5.91 Å². The number of aromatic nitrogens is 1. The minimum Gasteiger partial charge on any atom is -0.480 e. The third-order valence-corrected chi connectivity index (χ3v) is 3.51. The van der Waals surface area contributed by atoms with Crippen molar-refractivity contribution in [3.05, 3.63) is 26.5 Å². The highest BCUT2D eigenvalue weighted by Gasteiger charge is 2.29. The van der Waals surface area contributed by atoms with Gasteiger partial charge in [-0.15, -0.1) is 0 Å². The van der Waals surface area contributed by atoms with Gasteiger partial charge in [0.2, 0.25) is 0 Å². The Kier molecular flexibility index (Phi) is 4.31. The van der Waals surface area contributed by atoms with Crippen molar-refractivity contribution in [3.63, 3.8) is 0 Å². The molecule has 5 nitrogen and oxygen atoms in total. The Bertz CT molecular complexity index is 477. The number of carbonyl (C=O) groups excluding carboxylic acids is 1. The lowest BCUT2D eigenvalue weighted by Gasteiger charge is -2.20. The number of aliphatic carboxylic acids is 1. The number of amides is 1. The zero-order valence-corrected chi connectivity index (χ0v) is 12.0.